The number of aromatic nitrogens is 2. The molecule has 0 saturated carbocycles. The molecule has 13 heavy (non-hydrogen) atoms. The maximum atomic E-state index is 10.3. The molecule has 8 heteroatoms. The van der Waals surface area contributed by atoms with E-state index in [9.17, 15) is 14.9 Å². The van der Waals surface area contributed by atoms with Gasteiger partial charge in [-0.2, -0.15) is 5.10 Å². The number of rotatable bonds is 3. The summed E-state index contributed by atoms with van der Waals surface area (Å²) in [7, 11) is 0. The first-order chi connectivity index (χ1) is 6.04. The Hall–Kier alpha value is -1.96. The van der Waals surface area contributed by atoms with Crippen LogP contribution in [0.4, 0.5) is 5.69 Å². The van der Waals surface area contributed by atoms with Gasteiger partial charge in [-0.3, -0.25) is 15.2 Å². The van der Waals surface area contributed by atoms with Crippen molar-refractivity contribution < 1.29 is 19.9 Å². The molecule has 0 aromatic carbocycles. The van der Waals surface area contributed by atoms with E-state index < -0.39 is 28.4 Å². The molecule has 1 aromatic rings. The molecule has 0 bridgehead atoms. The van der Waals surface area contributed by atoms with Gasteiger partial charge >= 0.3 is 11.7 Å². The molecular weight excluding hydrogens is 182 g/mol. The molecule has 0 amide bonds. The van der Waals surface area contributed by atoms with E-state index in [0.29, 0.717) is 0 Å². The fourth-order valence-electron chi connectivity index (χ4n) is 0.760. The van der Waals surface area contributed by atoms with Gasteiger partial charge in [-0.1, -0.05) is 0 Å². The molecular formula is C5H5N3O5. The third kappa shape index (κ3) is 1.62. The molecule has 1 unspecified atom stereocenters. The van der Waals surface area contributed by atoms with Crippen LogP contribution >= 0.6 is 0 Å². The lowest BCUT2D eigenvalue weighted by Crippen LogP contribution is -2.12. The summed E-state index contributed by atoms with van der Waals surface area (Å²) in [4.78, 5) is 19.7. The molecule has 1 atom stereocenters. The van der Waals surface area contributed by atoms with E-state index in [1.807, 2.05) is 5.10 Å². The van der Waals surface area contributed by atoms with Crippen LogP contribution < -0.4 is 0 Å². The summed E-state index contributed by atoms with van der Waals surface area (Å²) in [5, 5.41) is 32.8. The Bertz CT molecular complexity index is 346. The van der Waals surface area contributed by atoms with Crippen molar-refractivity contribution in [3.8, 4) is 0 Å². The lowest BCUT2D eigenvalue weighted by atomic mass is 10.2. The second kappa shape index (κ2) is 3.19. The van der Waals surface area contributed by atoms with Gasteiger partial charge in [-0.25, -0.2) is 4.79 Å². The van der Waals surface area contributed by atoms with Gasteiger partial charge in [-0.05, 0) is 0 Å². The number of nitrogens with zero attached hydrogens (tertiary/aromatic N) is 2. The minimum Gasteiger partial charge on any atom is -0.479 e. The lowest BCUT2D eigenvalue weighted by Gasteiger charge is -2.00. The second-order valence-electron chi connectivity index (χ2n) is 2.17. The largest absolute Gasteiger partial charge is 0.479 e. The Morgan fingerprint density at radius 1 is 1.77 bits per heavy atom. The first-order valence-corrected chi connectivity index (χ1v) is 3.12. The number of aromatic amines is 1. The zero-order chi connectivity index (χ0) is 10.0. The molecule has 0 radical (unpaired) electrons. The predicted octanol–water partition coefficient (Wildman–Crippen LogP) is -0.564. The normalized spacial score (nSPS) is 12.4. The van der Waals surface area contributed by atoms with Gasteiger partial charge in [0.2, 0.25) is 0 Å². The maximum absolute atomic E-state index is 10.3. The smallest absolute Gasteiger partial charge is 0.339 e. The molecule has 1 rings (SSSR count). The fourth-order valence-corrected chi connectivity index (χ4v) is 0.760. The van der Waals surface area contributed by atoms with E-state index >= 15 is 0 Å². The number of carbonyl (C=O) groups is 1. The second-order valence-corrected chi connectivity index (χ2v) is 2.17. The Kier molecular flexibility index (Phi) is 2.24. The number of H-pyrrole nitrogens is 1. The average Bonchev–Trinajstić information content (AvgIpc) is 2.50. The van der Waals surface area contributed by atoms with Crippen LogP contribution in [0.1, 0.15) is 11.8 Å². The highest BCUT2D eigenvalue weighted by Gasteiger charge is 2.27. The molecule has 0 spiro atoms. The van der Waals surface area contributed by atoms with Gasteiger partial charge in [0.15, 0.2) is 11.8 Å². The molecule has 70 valence electrons. The molecule has 0 aliphatic heterocycles. The van der Waals surface area contributed by atoms with Crippen molar-refractivity contribution in [1.82, 2.24) is 10.2 Å². The topological polar surface area (TPSA) is 129 Å². The number of aliphatic hydroxyl groups is 1. The van der Waals surface area contributed by atoms with E-state index in [1.54, 1.807) is 0 Å². The van der Waals surface area contributed by atoms with Gasteiger partial charge in [-0.15, -0.1) is 0 Å². The van der Waals surface area contributed by atoms with E-state index in [0.717, 1.165) is 6.20 Å². The van der Waals surface area contributed by atoms with Crippen LogP contribution in [0.3, 0.4) is 0 Å². The molecule has 0 aliphatic rings. The minimum absolute atomic E-state index is 0.433. The molecule has 0 fully saturated rings. The van der Waals surface area contributed by atoms with Crippen LogP contribution in [-0.4, -0.2) is 31.3 Å². The molecule has 3 N–H and O–H groups in total. The molecule has 1 heterocycles. The highest BCUT2D eigenvalue weighted by atomic mass is 16.6. The van der Waals surface area contributed by atoms with Gasteiger partial charge in [0.05, 0.1) is 4.92 Å². The van der Waals surface area contributed by atoms with E-state index in [1.165, 1.54) is 0 Å². The number of nitro groups is 1. The summed E-state index contributed by atoms with van der Waals surface area (Å²) in [6.07, 6.45) is -1.12. The predicted molar refractivity (Wildman–Crippen MR) is 37.8 cm³/mol. The van der Waals surface area contributed by atoms with Crippen molar-refractivity contribution in [3.05, 3.63) is 22.0 Å². The number of aliphatic hydroxyl groups excluding tert-OH is 1. The quantitative estimate of drug-likeness (QED) is 0.429. The van der Waals surface area contributed by atoms with Crippen molar-refractivity contribution in [2.75, 3.05) is 0 Å². The van der Waals surface area contributed by atoms with Crippen molar-refractivity contribution in [2.45, 2.75) is 6.10 Å². The van der Waals surface area contributed by atoms with Crippen LogP contribution in [0.2, 0.25) is 0 Å². The first kappa shape index (κ1) is 9.13. The third-order valence-electron chi connectivity index (χ3n) is 1.35. The van der Waals surface area contributed by atoms with Gasteiger partial charge < -0.3 is 10.2 Å². The summed E-state index contributed by atoms with van der Waals surface area (Å²) >= 11 is 0. The van der Waals surface area contributed by atoms with E-state index in [4.69, 9.17) is 10.2 Å². The van der Waals surface area contributed by atoms with E-state index in [-0.39, 0.29) is 0 Å². The zero-order valence-electron chi connectivity index (χ0n) is 6.17. The summed E-state index contributed by atoms with van der Waals surface area (Å²) in [5.41, 5.74) is -0.979. The Morgan fingerprint density at radius 3 is 2.85 bits per heavy atom. The average molecular weight is 187 g/mol. The SMILES string of the molecule is O=C(O)C(O)c1[nH]ncc1[N+](=O)[O-]. The van der Waals surface area contributed by atoms with Crippen molar-refractivity contribution in [1.29, 1.82) is 0 Å². The van der Waals surface area contributed by atoms with Crippen LogP contribution in [-0.2, 0) is 4.79 Å². The number of nitrogens with one attached hydrogen (secondary N) is 1. The molecule has 8 nitrogen and oxygen atoms in total. The number of aliphatic carboxylic acids is 1. The standard InChI is InChI=1S/C5H5N3O5/c9-4(5(10)11)3-2(8(12)13)1-6-7-3/h1,4,9H,(H,6,7)(H,10,11). The van der Waals surface area contributed by atoms with Crippen molar-refractivity contribution in [2.24, 2.45) is 0 Å². The van der Waals surface area contributed by atoms with Crippen LogP contribution in [0, 0.1) is 10.1 Å². The highest BCUT2D eigenvalue weighted by Crippen LogP contribution is 2.21. The highest BCUT2D eigenvalue weighted by molar-refractivity contribution is 5.74. The van der Waals surface area contributed by atoms with Crippen LogP contribution in [0.15, 0.2) is 6.20 Å². The number of carboxylic acid groups (broad SMARTS) is 1. The maximum Gasteiger partial charge on any atom is 0.339 e. The summed E-state index contributed by atoms with van der Waals surface area (Å²) in [5.74, 6) is -1.58. The minimum atomic E-state index is -1.96. The molecule has 0 aliphatic carbocycles. The zero-order valence-corrected chi connectivity index (χ0v) is 6.17. The van der Waals surface area contributed by atoms with Crippen molar-refractivity contribution >= 4 is 11.7 Å². The Morgan fingerprint density at radius 2 is 2.38 bits per heavy atom. The van der Waals surface area contributed by atoms with Crippen LogP contribution in [0.5, 0.6) is 0 Å². The monoisotopic (exact) mass is 187 g/mol. The first-order valence-electron chi connectivity index (χ1n) is 3.12. The van der Waals surface area contributed by atoms with Gasteiger partial charge in [0.25, 0.3) is 0 Å². The Balaban J connectivity index is 3.07. The summed E-state index contributed by atoms with van der Waals surface area (Å²) in [6.45, 7) is 0. The number of hydrogen-bond donors (Lipinski definition) is 3. The lowest BCUT2D eigenvalue weighted by molar-refractivity contribution is -0.386. The number of carboxylic acids is 1. The number of hydrogen-bond acceptors (Lipinski definition) is 5. The summed E-state index contributed by atoms with van der Waals surface area (Å²) < 4.78 is 0. The Labute approximate surface area is 71.0 Å². The fraction of sp³-hybridized carbons (Fsp3) is 0.200. The molecule has 1 aromatic heterocycles. The van der Waals surface area contributed by atoms with Crippen molar-refractivity contribution in [3.63, 3.8) is 0 Å². The van der Waals surface area contributed by atoms with Crippen LogP contribution in [0.25, 0.3) is 0 Å². The third-order valence-corrected chi connectivity index (χ3v) is 1.35. The van der Waals surface area contributed by atoms with Gasteiger partial charge in [0.1, 0.15) is 6.20 Å². The molecule has 0 saturated heterocycles. The van der Waals surface area contributed by atoms with Gasteiger partial charge in [0, 0.05) is 0 Å². The summed E-state index contributed by atoms with van der Waals surface area (Å²) in [6, 6.07) is 0. The van der Waals surface area contributed by atoms with E-state index in [2.05, 4.69) is 5.10 Å².